The number of nitrogens with zero attached hydrogens (tertiary/aromatic N) is 6. The molecule has 3 rings (SSSR count). The lowest BCUT2D eigenvalue weighted by molar-refractivity contribution is -0.116. The van der Waals surface area contributed by atoms with E-state index in [1.54, 1.807) is 23.1 Å². The van der Waals surface area contributed by atoms with E-state index in [0.29, 0.717) is 17.4 Å². The minimum absolute atomic E-state index is 0.154. The highest BCUT2D eigenvalue weighted by atomic mass is 35.5. The molecule has 128 valence electrons. The van der Waals surface area contributed by atoms with Crippen LogP contribution in [-0.2, 0) is 11.5 Å². The van der Waals surface area contributed by atoms with E-state index in [0.717, 1.165) is 25.9 Å². The second-order valence-corrected chi connectivity index (χ2v) is 5.66. The van der Waals surface area contributed by atoms with Crippen molar-refractivity contribution < 1.29 is 9.53 Å². The first-order valence-electron chi connectivity index (χ1n) is 7.72. The predicted molar refractivity (Wildman–Crippen MR) is 90.5 cm³/mol. The Morgan fingerprint density at radius 3 is 2.79 bits per heavy atom. The van der Waals surface area contributed by atoms with E-state index in [4.69, 9.17) is 16.3 Å². The van der Waals surface area contributed by atoms with Gasteiger partial charge >= 0.3 is 0 Å². The molecule has 0 aromatic carbocycles. The third-order valence-corrected chi connectivity index (χ3v) is 4.13. The number of methoxy groups -OCH3 is 1. The summed E-state index contributed by atoms with van der Waals surface area (Å²) < 4.78 is 7.04. The van der Waals surface area contributed by atoms with Gasteiger partial charge in [0.1, 0.15) is 18.9 Å². The van der Waals surface area contributed by atoms with Crippen LogP contribution in [0.25, 0.3) is 0 Å². The van der Waals surface area contributed by atoms with Crippen molar-refractivity contribution in [3.8, 4) is 5.88 Å². The Hall–Kier alpha value is -2.35. The van der Waals surface area contributed by atoms with Crippen molar-refractivity contribution in [3.05, 3.63) is 24.8 Å². The fourth-order valence-electron chi connectivity index (χ4n) is 2.78. The maximum Gasteiger partial charge on any atom is 0.243 e. The number of ether oxygens (including phenoxy) is 1. The van der Waals surface area contributed by atoms with Crippen LogP contribution in [0.4, 0.5) is 11.5 Å². The fraction of sp³-hybridized carbons (Fsp3) is 0.467. The van der Waals surface area contributed by atoms with Crippen molar-refractivity contribution in [1.29, 1.82) is 0 Å². The predicted octanol–water partition coefficient (Wildman–Crippen LogP) is 1.51. The van der Waals surface area contributed by atoms with Gasteiger partial charge in [0.15, 0.2) is 11.5 Å². The Balaban J connectivity index is 2.05. The van der Waals surface area contributed by atoms with Crippen LogP contribution in [0.15, 0.2) is 24.8 Å². The normalized spacial score (nSPS) is 14.0. The number of alkyl halides is 1. The van der Waals surface area contributed by atoms with E-state index >= 15 is 0 Å². The number of halogens is 1. The first-order valence-corrected chi connectivity index (χ1v) is 8.25. The van der Waals surface area contributed by atoms with Crippen LogP contribution in [-0.4, -0.2) is 51.7 Å². The van der Waals surface area contributed by atoms with Crippen molar-refractivity contribution in [2.45, 2.75) is 19.5 Å². The molecule has 0 spiro atoms. The molecular formula is C15H19ClN6O2. The quantitative estimate of drug-likeness (QED) is 0.735. The molecule has 0 bridgehead atoms. The van der Waals surface area contributed by atoms with E-state index in [1.807, 2.05) is 0 Å². The molecule has 1 aliphatic rings. The van der Waals surface area contributed by atoms with Gasteiger partial charge in [0.05, 0.1) is 7.11 Å². The summed E-state index contributed by atoms with van der Waals surface area (Å²) in [5, 5.41) is 4.17. The SMILES string of the molecule is COc1ncnc(N2CCCC2)c1N(Cn1cccn1)C(=O)CCl. The minimum atomic E-state index is -0.263. The van der Waals surface area contributed by atoms with Crippen LogP contribution in [0.5, 0.6) is 5.88 Å². The molecule has 9 heteroatoms. The van der Waals surface area contributed by atoms with Crippen LogP contribution < -0.4 is 14.5 Å². The summed E-state index contributed by atoms with van der Waals surface area (Å²) in [7, 11) is 1.52. The molecule has 0 saturated carbocycles. The summed E-state index contributed by atoms with van der Waals surface area (Å²) >= 11 is 5.83. The standard InChI is InChI=1S/C15H19ClN6O2/c1-24-15-13(14(17-10-18-15)20-6-2-3-7-20)22(12(23)9-16)11-21-8-4-5-19-21/h4-5,8,10H,2-3,6-7,9,11H2,1H3. The van der Waals surface area contributed by atoms with Crippen LogP contribution in [0, 0.1) is 0 Å². The molecule has 1 amide bonds. The lowest BCUT2D eigenvalue weighted by atomic mass is 10.3. The van der Waals surface area contributed by atoms with Gasteiger partial charge in [-0.25, -0.2) is 4.98 Å². The zero-order chi connectivity index (χ0) is 16.9. The molecule has 24 heavy (non-hydrogen) atoms. The van der Waals surface area contributed by atoms with Gasteiger partial charge in [-0.05, 0) is 18.9 Å². The Bertz CT molecular complexity index is 687. The van der Waals surface area contributed by atoms with E-state index < -0.39 is 0 Å². The van der Waals surface area contributed by atoms with E-state index in [1.165, 1.54) is 18.3 Å². The number of hydrogen-bond acceptors (Lipinski definition) is 6. The molecule has 0 aliphatic carbocycles. The molecule has 0 N–H and O–H groups in total. The third kappa shape index (κ3) is 3.28. The summed E-state index contributed by atoms with van der Waals surface area (Å²) in [5.74, 6) is 0.613. The summed E-state index contributed by atoms with van der Waals surface area (Å²) in [6, 6.07) is 1.80. The van der Waals surface area contributed by atoms with Crippen molar-refractivity contribution >= 4 is 29.0 Å². The highest BCUT2D eigenvalue weighted by molar-refractivity contribution is 6.29. The number of anilines is 2. The number of aromatic nitrogens is 4. The summed E-state index contributed by atoms with van der Waals surface area (Å²) in [4.78, 5) is 24.7. The minimum Gasteiger partial charge on any atom is -0.479 e. The Morgan fingerprint density at radius 2 is 2.17 bits per heavy atom. The van der Waals surface area contributed by atoms with Crippen molar-refractivity contribution in [3.63, 3.8) is 0 Å². The van der Waals surface area contributed by atoms with Gasteiger partial charge in [0, 0.05) is 25.5 Å². The molecule has 3 heterocycles. The summed E-state index contributed by atoms with van der Waals surface area (Å²) in [5.41, 5.74) is 0.531. The van der Waals surface area contributed by atoms with Gasteiger partial charge < -0.3 is 9.64 Å². The average Bonchev–Trinajstić information content (AvgIpc) is 3.32. The highest BCUT2D eigenvalue weighted by Crippen LogP contribution is 2.36. The molecule has 1 saturated heterocycles. The van der Waals surface area contributed by atoms with Gasteiger partial charge in [0.25, 0.3) is 0 Å². The molecule has 1 fully saturated rings. The topological polar surface area (TPSA) is 76.4 Å². The van der Waals surface area contributed by atoms with Gasteiger partial charge in [-0.2, -0.15) is 10.1 Å². The van der Waals surface area contributed by atoms with Crippen LogP contribution >= 0.6 is 11.6 Å². The second-order valence-electron chi connectivity index (χ2n) is 5.39. The number of hydrogen-bond donors (Lipinski definition) is 0. The van der Waals surface area contributed by atoms with E-state index in [-0.39, 0.29) is 18.5 Å². The Morgan fingerprint density at radius 1 is 1.38 bits per heavy atom. The van der Waals surface area contributed by atoms with Gasteiger partial charge in [-0.15, -0.1) is 11.6 Å². The molecule has 2 aromatic rings. The average molecular weight is 351 g/mol. The zero-order valence-electron chi connectivity index (χ0n) is 13.4. The van der Waals surface area contributed by atoms with Crippen molar-refractivity contribution in [2.75, 3.05) is 35.9 Å². The molecule has 1 aliphatic heterocycles. The number of rotatable bonds is 6. The van der Waals surface area contributed by atoms with Gasteiger partial charge in [0.2, 0.25) is 11.8 Å². The van der Waals surface area contributed by atoms with E-state index in [9.17, 15) is 4.79 Å². The first-order chi connectivity index (χ1) is 11.7. The zero-order valence-corrected chi connectivity index (χ0v) is 14.2. The van der Waals surface area contributed by atoms with Crippen LogP contribution in [0.2, 0.25) is 0 Å². The second kappa shape index (κ2) is 7.48. The highest BCUT2D eigenvalue weighted by Gasteiger charge is 2.28. The smallest absolute Gasteiger partial charge is 0.243 e. The summed E-state index contributed by atoms with van der Waals surface area (Å²) in [6.07, 6.45) is 7.07. The van der Waals surface area contributed by atoms with Gasteiger partial charge in [-0.1, -0.05) is 0 Å². The monoisotopic (exact) mass is 350 g/mol. The first kappa shape index (κ1) is 16.5. The molecule has 8 nitrogen and oxygen atoms in total. The molecule has 0 radical (unpaired) electrons. The third-order valence-electron chi connectivity index (χ3n) is 3.90. The van der Waals surface area contributed by atoms with Gasteiger partial charge in [-0.3, -0.25) is 14.4 Å². The molecule has 0 unspecified atom stereocenters. The molecular weight excluding hydrogens is 332 g/mol. The number of carbonyl (C=O) groups is 1. The molecule has 0 atom stereocenters. The van der Waals surface area contributed by atoms with Crippen LogP contribution in [0.1, 0.15) is 12.8 Å². The Kier molecular flexibility index (Phi) is 5.14. The lowest BCUT2D eigenvalue weighted by Gasteiger charge is -2.28. The lowest BCUT2D eigenvalue weighted by Crippen LogP contribution is -2.36. The largest absolute Gasteiger partial charge is 0.479 e. The number of carbonyl (C=O) groups excluding carboxylic acids is 1. The van der Waals surface area contributed by atoms with E-state index in [2.05, 4.69) is 20.0 Å². The van der Waals surface area contributed by atoms with Crippen molar-refractivity contribution in [2.24, 2.45) is 0 Å². The fourth-order valence-corrected chi connectivity index (χ4v) is 2.92. The van der Waals surface area contributed by atoms with Crippen molar-refractivity contribution in [1.82, 2.24) is 19.7 Å². The van der Waals surface area contributed by atoms with Crippen LogP contribution in [0.3, 0.4) is 0 Å². The maximum absolute atomic E-state index is 12.5. The Labute approximate surface area is 145 Å². The summed E-state index contributed by atoms with van der Waals surface area (Å²) in [6.45, 7) is 1.98. The maximum atomic E-state index is 12.5. The molecule has 2 aromatic heterocycles. The number of amides is 1.